The van der Waals surface area contributed by atoms with Crippen molar-refractivity contribution in [3.8, 4) is 16.9 Å². The van der Waals surface area contributed by atoms with Gasteiger partial charge < -0.3 is 13.9 Å². The van der Waals surface area contributed by atoms with Crippen LogP contribution in [-0.2, 0) is 11.3 Å². The first-order chi connectivity index (χ1) is 14.1. The number of aryl methyl sites for hydroxylation is 1. The van der Waals surface area contributed by atoms with Crippen molar-refractivity contribution in [2.24, 2.45) is 0 Å². The summed E-state index contributed by atoms with van der Waals surface area (Å²) in [4.78, 5) is 15.5. The molecule has 0 radical (unpaired) electrons. The molecule has 2 aromatic carbocycles. The number of nitrogens with zero attached hydrogens (tertiary/aromatic N) is 1. The maximum Gasteiger partial charge on any atom is 0.200 e. The quantitative estimate of drug-likeness (QED) is 0.622. The summed E-state index contributed by atoms with van der Waals surface area (Å²) in [5.74, 6) is 1.37. The zero-order chi connectivity index (χ0) is 20.0. The smallest absolute Gasteiger partial charge is 0.200 e. The van der Waals surface area contributed by atoms with Gasteiger partial charge in [-0.25, -0.2) is 0 Å². The molecule has 1 fully saturated rings. The monoisotopic (exact) mass is 411 g/mol. The highest BCUT2D eigenvalue weighted by molar-refractivity contribution is 6.30. The van der Waals surface area contributed by atoms with Crippen LogP contribution >= 0.6 is 11.6 Å². The van der Waals surface area contributed by atoms with Gasteiger partial charge in [-0.1, -0.05) is 23.7 Å². The van der Waals surface area contributed by atoms with Crippen LogP contribution < -0.4 is 10.2 Å². The predicted octanol–water partition coefficient (Wildman–Crippen LogP) is 4.75. The maximum absolute atomic E-state index is 13.3. The molecule has 0 unspecified atom stereocenters. The SMILES string of the molecule is Cc1oc2c3c(ccc2c(=O)c1-c1ccc(Cl)cc1)OCN(C[C@@H]1CCCO1)C3. The summed E-state index contributed by atoms with van der Waals surface area (Å²) >= 11 is 6.00. The van der Waals surface area contributed by atoms with Gasteiger partial charge in [-0.2, -0.15) is 0 Å². The van der Waals surface area contributed by atoms with E-state index in [1.54, 1.807) is 18.2 Å². The van der Waals surface area contributed by atoms with Gasteiger partial charge >= 0.3 is 0 Å². The van der Waals surface area contributed by atoms with Crippen molar-refractivity contribution in [2.75, 3.05) is 19.9 Å². The lowest BCUT2D eigenvalue weighted by molar-refractivity contribution is 0.0281. The Morgan fingerprint density at radius 3 is 2.76 bits per heavy atom. The number of rotatable bonds is 3. The van der Waals surface area contributed by atoms with E-state index >= 15 is 0 Å². The van der Waals surface area contributed by atoms with Crippen molar-refractivity contribution in [3.63, 3.8) is 0 Å². The average Bonchev–Trinajstić information content (AvgIpc) is 3.22. The molecule has 2 aliphatic heterocycles. The van der Waals surface area contributed by atoms with Crippen molar-refractivity contribution in [1.29, 1.82) is 0 Å². The zero-order valence-electron chi connectivity index (χ0n) is 16.2. The van der Waals surface area contributed by atoms with Crippen LogP contribution in [0.1, 0.15) is 24.2 Å². The summed E-state index contributed by atoms with van der Waals surface area (Å²) in [5.41, 5.74) is 2.87. The van der Waals surface area contributed by atoms with Gasteiger partial charge in [-0.3, -0.25) is 9.69 Å². The molecule has 3 heterocycles. The maximum atomic E-state index is 13.3. The average molecular weight is 412 g/mol. The van der Waals surface area contributed by atoms with E-state index in [1.807, 2.05) is 25.1 Å². The fourth-order valence-corrected chi connectivity index (χ4v) is 4.39. The van der Waals surface area contributed by atoms with Gasteiger partial charge in [0.25, 0.3) is 0 Å². The molecule has 0 amide bonds. The van der Waals surface area contributed by atoms with Crippen LogP contribution in [0.5, 0.6) is 5.75 Å². The topological polar surface area (TPSA) is 51.9 Å². The summed E-state index contributed by atoms with van der Waals surface area (Å²) in [7, 11) is 0. The second-order valence-corrected chi connectivity index (χ2v) is 8.14. The molecule has 1 atom stereocenters. The number of hydrogen-bond acceptors (Lipinski definition) is 5. The fraction of sp³-hybridized carbons (Fsp3) is 0.348. The van der Waals surface area contributed by atoms with E-state index in [1.165, 1.54) is 0 Å². The summed E-state index contributed by atoms with van der Waals surface area (Å²) in [6.45, 7) is 4.68. The van der Waals surface area contributed by atoms with Crippen LogP contribution in [0.15, 0.2) is 45.6 Å². The molecular weight excluding hydrogens is 390 g/mol. The lowest BCUT2D eigenvalue weighted by Gasteiger charge is -2.30. The van der Waals surface area contributed by atoms with Gasteiger partial charge in [0.05, 0.1) is 22.6 Å². The Balaban J connectivity index is 1.56. The van der Waals surface area contributed by atoms with Crippen molar-refractivity contribution < 1.29 is 13.9 Å². The van der Waals surface area contributed by atoms with Gasteiger partial charge in [-0.15, -0.1) is 0 Å². The second-order valence-electron chi connectivity index (χ2n) is 7.71. The lowest BCUT2D eigenvalue weighted by Crippen LogP contribution is -2.37. The molecular formula is C23H22ClNO4. The van der Waals surface area contributed by atoms with Crippen molar-refractivity contribution in [1.82, 2.24) is 4.90 Å². The summed E-state index contributed by atoms with van der Waals surface area (Å²) < 4.78 is 17.9. The van der Waals surface area contributed by atoms with E-state index in [4.69, 9.17) is 25.5 Å². The molecule has 1 aromatic heterocycles. The fourth-order valence-electron chi connectivity index (χ4n) is 4.26. The number of halogens is 1. The van der Waals surface area contributed by atoms with E-state index in [-0.39, 0.29) is 11.5 Å². The molecule has 0 spiro atoms. The Labute approximate surface area is 173 Å². The molecule has 5 nitrogen and oxygen atoms in total. The molecule has 0 saturated carbocycles. The minimum atomic E-state index is -0.0369. The molecule has 0 bridgehead atoms. The Morgan fingerprint density at radius 2 is 2.00 bits per heavy atom. The van der Waals surface area contributed by atoms with E-state index in [0.29, 0.717) is 40.6 Å². The second kappa shape index (κ2) is 7.48. The van der Waals surface area contributed by atoms with E-state index < -0.39 is 0 Å². The molecule has 0 aliphatic carbocycles. The first-order valence-corrected chi connectivity index (χ1v) is 10.3. The molecule has 6 heteroatoms. The highest BCUT2D eigenvalue weighted by Crippen LogP contribution is 2.34. The molecule has 29 heavy (non-hydrogen) atoms. The Hall–Kier alpha value is -2.34. The molecule has 150 valence electrons. The summed E-state index contributed by atoms with van der Waals surface area (Å²) in [6.07, 6.45) is 2.44. The third-order valence-electron chi connectivity index (χ3n) is 5.70. The zero-order valence-corrected chi connectivity index (χ0v) is 17.0. The lowest BCUT2D eigenvalue weighted by atomic mass is 10.0. The highest BCUT2D eigenvalue weighted by Gasteiger charge is 2.26. The van der Waals surface area contributed by atoms with Gasteiger partial charge in [0.15, 0.2) is 0 Å². The minimum Gasteiger partial charge on any atom is -0.478 e. The number of benzene rings is 2. The minimum absolute atomic E-state index is 0.0369. The third kappa shape index (κ3) is 3.44. The standard InChI is InChI=1S/C23H22ClNO4/c1-14-21(15-4-6-16(24)7-5-15)22(26)18-8-9-20-19(23(18)29-14)12-25(13-28-20)11-17-3-2-10-27-17/h4-9,17H,2-3,10-13H2,1H3/t17-/m0/s1. The van der Waals surface area contributed by atoms with Crippen molar-refractivity contribution >= 4 is 22.6 Å². The Morgan fingerprint density at radius 1 is 1.17 bits per heavy atom. The Kier molecular flexibility index (Phi) is 4.82. The van der Waals surface area contributed by atoms with Crippen molar-refractivity contribution in [3.05, 3.63) is 63.0 Å². The van der Waals surface area contributed by atoms with Crippen molar-refractivity contribution in [2.45, 2.75) is 32.4 Å². The highest BCUT2D eigenvalue weighted by atomic mass is 35.5. The number of hydrogen-bond donors (Lipinski definition) is 0. The van der Waals surface area contributed by atoms with Gasteiger partial charge in [0.1, 0.15) is 23.8 Å². The predicted molar refractivity (Wildman–Crippen MR) is 113 cm³/mol. The van der Waals surface area contributed by atoms with E-state index in [0.717, 1.165) is 42.9 Å². The molecule has 2 aliphatic rings. The van der Waals surface area contributed by atoms with Crippen LogP contribution in [0.3, 0.4) is 0 Å². The van der Waals surface area contributed by atoms with Gasteiger partial charge in [-0.05, 0) is 49.6 Å². The summed E-state index contributed by atoms with van der Waals surface area (Å²) in [6, 6.07) is 10.9. The Bertz CT molecular complexity index is 1120. The third-order valence-corrected chi connectivity index (χ3v) is 5.95. The molecule has 0 N–H and O–H groups in total. The van der Waals surface area contributed by atoms with Crippen LogP contribution in [0.4, 0.5) is 0 Å². The van der Waals surface area contributed by atoms with Crippen LogP contribution in [0.2, 0.25) is 5.02 Å². The van der Waals surface area contributed by atoms with E-state index in [9.17, 15) is 4.79 Å². The van der Waals surface area contributed by atoms with Crippen LogP contribution in [-0.4, -0.2) is 30.9 Å². The molecule has 5 rings (SSSR count). The number of ether oxygens (including phenoxy) is 2. The van der Waals surface area contributed by atoms with E-state index in [2.05, 4.69) is 4.90 Å². The summed E-state index contributed by atoms with van der Waals surface area (Å²) in [5, 5.41) is 1.20. The van der Waals surface area contributed by atoms with Crippen LogP contribution in [0, 0.1) is 6.92 Å². The van der Waals surface area contributed by atoms with Gasteiger partial charge in [0, 0.05) is 24.7 Å². The largest absolute Gasteiger partial charge is 0.478 e. The first-order valence-electron chi connectivity index (χ1n) is 9.92. The van der Waals surface area contributed by atoms with Crippen LogP contribution in [0.25, 0.3) is 22.1 Å². The normalized spacial score (nSPS) is 19.3. The molecule has 1 saturated heterocycles. The molecule has 3 aromatic rings. The first kappa shape index (κ1) is 18.7. The number of fused-ring (bicyclic) bond motifs is 3. The van der Waals surface area contributed by atoms with Gasteiger partial charge in [0.2, 0.25) is 5.43 Å².